The van der Waals surface area contributed by atoms with E-state index in [0.717, 1.165) is 180 Å². The Morgan fingerprint density at radius 1 is 0.462 bits per heavy atom. The van der Waals surface area contributed by atoms with Gasteiger partial charge in [-0.3, -0.25) is 14.4 Å². The SMILES string of the molecule is CCCCCCCCC=CCCCCCCC(C(=O)OCC(O)CO)([C@@H](CC=CCCCCCCCC(=O)O)CCCCCC)[C@@H](CC=CCCCCCCCC(=O)O)CCCCCC. The Morgan fingerprint density at radius 2 is 0.800 bits per heavy atom. The molecule has 380 valence electrons. The number of unbranched alkanes of at least 4 members (excludes halogenated alkanes) is 26. The first-order chi connectivity index (χ1) is 31.7. The van der Waals surface area contributed by atoms with Gasteiger partial charge in [0.25, 0.3) is 0 Å². The van der Waals surface area contributed by atoms with E-state index < -0.39 is 30.1 Å². The van der Waals surface area contributed by atoms with Crippen molar-refractivity contribution in [2.75, 3.05) is 13.2 Å². The van der Waals surface area contributed by atoms with Crippen LogP contribution in [0.25, 0.3) is 0 Å². The Bertz CT molecular complexity index is 1120. The summed E-state index contributed by atoms with van der Waals surface area (Å²) in [5, 5.41) is 38.2. The number of rotatable bonds is 50. The highest BCUT2D eigenvalue weighted by molar-refractivity contribution is 5.78. The third-order valence-electron chi connectivity index (χ3n) is 13.6. The fourth-order valence-electron chi connectivity index (χ4n) is 9.55. The Hall–Kier alpha value is -2.45. The Labute approximate surface area is 400 Å². The van der Waals surface area contributed by atoms with Gasteiger partial charge in [0, 0.05) is 12.8 Å². The molecule has 0 aliphatic heterocycles. The number of carbonyl (C=O) groups excluding carboxylic acids is 1. The molecular weight excluding hydrogens is 813 g/mol. The third-order valence-corrected chi connectivity index (χ3v) is 13.6. The molecule has 0 radical (unpaired) electrons. The molecule has 0 saturated carbocycles. The smallest absolute Gasteiger partial charge is 0.312 e. The molecular formula is C57H104O8. The largest absolute Gasteiger partial charge is 0.481 e. The molecule has 0 heterocycles. The van der Waals surface area contributed by atoms with E-state index in [2.05, 4.69) is 57.2 Å². The summed E-state index contributed by atoms with van der Waals surface area (Å²) in [6.45, 7) is 6.10. The highest BCUT2D eigenvalue weighted by atomic mass is 16.5. The molecule has 0 aromatic heterocycles. The van der Waals surface area contributed by atoms with Crippen LogP contribution in [0.1, 0.15) is 271 Å². The molecule has 0 amide bonds. The predicted molar refractivity (Wildman–Crippen MR) is 273 cm³/mol. The van der Waals surface area contributed by atoms with Crippen LogP contribution in [-0.4, -0.2) is 57.7 Å². The van der Waals surface area contributed by atoms with Crippen LogP contribution < -0.4 is 0 Å². The van der Waals surface area contributed by atoms with Crippen molar-refractivity contribution in [1.82, 2.24) is 0 Å². The van der Waals surface area contributed by atoms with Crippen molar-refractivity contribution in [3.63, 3.8) is 0 Å². The summed E-state index contributed by atoms with van der Waals surface area (Å²) in [7, 11) is 0. The van der Waals surface area contributed by atoms with Gasteiger partial charge in [-0.05, 0) is 108 Å². The molecule has 8 nitrogen and oxygen atoms in total. The Morgan fingerprint density at radius 3 is 1.18 bits per heavy atom. The minimum atomic E-state index is -1.11. The van der Waals surface area contributed by atoms with E-state index in [0.29, 0.717) is 0 Å². The zero-order valence-corrected chi connectivity index (χ0v) is 42.6. The maximum Gasteiger partial charge on any atom is 0.312 e. The van der Waals surface area contributed by atoms with Gasteiger partial charge in [-0.25, -0.2) is 0 Å². The van der Waals surface area contributed by atoms with Crippen LogP contribution in [0.15, 0.2) is 36.5 Å². The van der Waals surface area contributed by atoms with Gasteiger partial charge in [-0.2, -0.15) is 0 Å². The van der Waals surface area contributed by atoms with Crippen molar-refractivity contribution in [2.24, 2.45) is 17.3 Å². The van der Waals surface area contributed by atoms with Crippen LogP contribution in [0.2, 0.25) is 0 Å². The second-order valence-corrected chi connectivity index (χ2v) is 19.4. The van der Waals surface area contributed by atoms with Crippen LogP contribution in [0, 0.1) is 17.3 Å². The lowest BCUT2D eigenvalue weighted by atomic mass is 9.59. The maximum absolute atomic E-state index is 15.2. The molecule has 0 aliphatic rings. The minimum absolute atomic E-state index is 0.0886. The van der Waals surface area contributed by atoms with E-state index in [4.69, 9.17) is 14.9 Å². The molecule has 0 aromatic carbocycles. The van der Waals surface area contributed by atoms with E-state index in [1.54, 1.807) is 0 Å². The summed E-state index contributed by atoms with van der Waals surface area (Å²) in [6.07, 6.45) is 52.9. The first-order valence-electron chi connectivity index (χ1n) is 27.5. The lowest BCUT2D eigenvalue weighted by molar-refractivity contribution is -0.170. The second kappa shape index (κ2) is 46.7. The molecule has 0 aliphatic carbocycles. The van der Waals surface area contributed by atoms with E-state index in [1.807, 2.05) is 0 Å². The summed E-state index contributed by atoms with van der Waals surface area (Å²) in [6, 6.07) is 0. The topological polar surface area (TPSA) is 141 Å². The zero-order chi connectivity index (χ0) is 47.9. The second-order valence-electron chi connectivity index (χ2n) is 19.4. The van der Waals surface area contributed by atoms with Gasteiger partial charge in [-0.15, -0.1) is 0 Å². The molecule has 0 rings (SSSR count). The number of hydrogen-bond acceptors (Lipinski definition) is 6. The molecule has 3 atom stereocenters. The number of carboxylic acid groups (broad SMARTS) is 2. The fraction of sp³-hybridized carbons (Fsp3) is 0.842. The van der Waals surface area contributed by atoms with Crippen molar-refractivity contribution in [3.05, 3.63) is 36.5 Å². The molecule has 0 spiro atoms. The van der Waals surface area contributed by atoms with Crippen molar-refractivity contribution in [3.8, 4) is 0 Å². The number of esters is 1. The van der Waals surface area contributed by atoms with Crippen LogP contribution in [0.3, 0.4) is 0 Å². The van der Waals surface area contributed by atoms with Gasteiger partial charge in [0.1, 0.15) is 12.7 Å². The van der Waals surface area contributed by atoms with E-state index in [1.165, 1.54) is 57.8 Å². The Kier molecular flexibility index (Phi) is 44.9. The van der Waals surface area contributed by atoms with Crippen LogP contribution >= 0.6 is 0 Å². The van der Waals surface area contributed by atoms with Gasteiger partial charge < -0.3 is 25.2 Å². The van der Waals surface area contributed by atoms with Crippen LogP contribution in [-0.2, 0) is 19.1 Å². The molecule has 8 heteroatoms. The van der Waals surface area contributed by atoms with Crippen molar-refractivity contribution >= 4 is 17.9 Å². The van der Waals surface area contributed by atoms with Crippen LogP contribution in [0.5, 0.6) is 0 Å². The van der Waals surface area contributed by atoms with Gasteiger partial charge in [0.15, 0.2) is 0 Å². The predicted octanol–water partition coefficient (Wildman–Crippen LogP) is 16.2. The standard InChI is InChI=1S/C57H104O8/c1-4-7-10-13-14-15-16-17-18-19-24-29-34-41-48-57(56(64)65-50-53(59)49-58,51(42-35-11-8-5-2)44-37-30-25-20-22-27-32-39-46-54(60)61)52(43-36-12-9-6-3)45-38-31-26-21-23-28-33-40-47-55(62)63/h17-18,30-31,37-38,51-53,58-59H,4-16,19-29,32-36,39-50H2,1-3H3,(H,60,61)(H,62,63)/t51-,52-,53?,57?/m1/s1. The van der Waals surface area contributed by atoms with E-state index >= 15 is 4.79 Å². The van der Waals surface area contributed by atoms with Crippen molar-refractivity contribution in [2.45, 2.75) is 277 Å². The fourth-order valence-corrected chi connectivity index (χ4v) is 9.55. The Balaban J connectivity index is 6.54. The normalized spacial score (nSPS) is 14.4. The first kappa shape index (κ1) is 62.5. The van der Waals surface area contributed by atoms with Gasteiger partial charge in [0.2, 0.25) is 0 Å². The average molecular weight is 917 g/mol. The van der Waals surface area contributed by atoms with E-state index in [-0.39, 0.29) is 37.3 Å². The summed E-state index contributed by atoms with van der Waals surface area (Å²) in [5.74, 6) is -1.45. The molecule has 1 unspecified atom stereocenters. The molecule has 4 N–H and O–H groups in total. The maximum atomic E-state index is 15.2. The molecule has 0 fully saturated rings. The van der Waals surface area contributed by atoms with Crippen LogP contribution in [0.4, 0.5) is 0 Å². The van der Waals surface area contributed by atoms with Gasteiger partial charge >= 0.3 is 17.9 Å². The highest BCUT2D eigenvalue weighted by Crippen LogP contribution is 2.50. The summed E-state index contributed by atoms with van der Waals surface area (Å²) >= 11 is 0. The minimum Gasteiger partial charge on any atom is -0.481 e. The number of aliphatic hydroxyl groups excluding tert-OH is 2. The average Bonchev–Trinajstić information content (AvgIpc) is 3.29. The molecule has 0 saturated heterocycles. The van der Waals surface area contributed by atoms with Crippen molar-refractivity contribution < 1.29 is 39.5 Å². The quantitative estimate of drug-likeness (QED) is 0.0269. The number of allylic oxidation sites excluding steroid dienone is 6. The summed E-state index contributed by atoms with van der Waals surface area (Å²) in [4.78, 5) is 37.0. The lowest BCUT2D eigenvalue weighted by Crippen LogP contribution is -2.47. The van der Waals surface area contributed by atoms with Gasteiger partial charge in [-0.1, -0.05) is 198 Å². The third kappa shape index (κ3) is 36.3. The zero-order valence-electron chi connectivity index (χ0n) is 42.6. The highest BCUT2D eigenvalue weighted by Gasteiger charge is 2.50. The van der Waals surface area contributed by atoms with Gasteiger partial charge in [0.05, 0.1) is 12.0 Å². The molecule has 0 bridgehead atoms. The van der Waals surface area contributed by atoms with E-state index in [9.17, 15) is 19.8 Å². The molecule has 0 aromatic rings. The first-order valence-corrected chi connectivity index (χ1v) is 27.5. The number of aliphatic hydroxyl groups is 2. The number of hydrogen-bond donors (Lipinski definition) is 4. The lowest BCUT2D eigenvalue weighted by Gasteiger charge is -2.45. The molecule has 65 heavy (non-hydrogen) atoms. The number of ether oxygens (including phenoxy) is 1. The monoisotopic (exact) mass is 917 g/mol. The van der Waals surface area contributed by atoms with Crippen molar-refractivity contribution in [1.29, 1.82) is 0 Å². The number of carbonyl (C=O) groups is 3. The summed E-state index contributed by atoms with van der Waals surface area (Å²) in [5.41, 5.74) is -0.729. The number of carboxylic acids is 2. The number of aliphatic carboxylic acids is 2. The summed E-state index contributed by atoms with van der Waals surface area (Å²) < 4.78 is 6.18.